The van der Waals surface area contributed by atoms with Crippen LogP contribution in [0.3, 0.4) is 0 Å². The van der Waals surface area contributed by atoms with Crippen LogP contribution in [0.5, 0.6) is 5.88 Å². The Morgan fingerprint density at radius 2 is 1.82 bits per heavy atom. The number of ether oxygens (including phenoxy) is 3. The summed E-state index contributed by atoms with van der Waals surface area (Å²) in [5.41, 5.74) is 1.22. The van der Waals surface area contributed by atoms with E-state index in [1.54, 1.807) is 39.4 Å². The summed E-state index contributed by atoms with van der Waals surface area (Å²) in [6.07, 6.45) is -0.0472. The molecule has 1 aliphatic rings. The van der Waals surface area contributed by atoms with E-state index in [1.807, 2.05) is 11.9 Å². The third kappa shape index (κ3) is 8.41. The highest BCUT2D eigenvalue weighted by Crippen LogP contribution is 2.39. The molecule has 5 heterocycles. The largest absolute Gasteiger partial charge is 0.478 e. The third-order valence-electron chi connectivity index (χ3n) is 8.33. The summed E-state index contributed by atoms with van der Waals surface area (Å²) < 4.78 is 57.8. The van der Waals surface area contributed by atoms with Crippen LogP contribution in [0.25, 0.3) is 33.9 Å². The van der Waals surface area contributed by atoms with Crippen LogP contribution in [-0.4, -0.2) is 114 Å². The van der Waals surface area contributed by atoms with Crippen LogP contribution in [0.1, 0.15) is 40.2 Å². The number of methoxy groups -OCH3 is 1. The maximum atomic E-state index is 14.0. The Hall–Kier alpha value is -4.57. The number of fused-ring (bicyclic) bond motifs is 1. The first-order chi connectivity index (χ1) is 23.7. The topological polar surface area (TPSA) is 135 Å². The first-order valence-electron chi connectivity index (χ1n) is 16.5. The van der Waals surface area contributed by atoms with Crippen molar-refractivity contribution < 1.29 is 32.2 Å². The number of halogens is 3. The van der Waals surface area contributed by atoms with E-state index >= 15 is 0 Å². The molecule has 1 N–H and O–H groups in total. The Bertz CT molecular complexity index is 1780. The van der Waals surface area contributed by atoms with Crippen LogP contribution in [0.15, 0.2) is 30.7 Å². The van der Waals surface area contributed by atoms with Gasteiger partial charge >= 0.3 is 12.1 Å². The monoisotopic (exact) mass is 699 g/mol. The number of nitrogens with one attached hydrogen (secondary N) is 1. The summed E-state index contributed by atoms with van der Waals surface area (Å²) in [6, 6.07) is 2.81. The zero-order valence-corrected chi connectivity index (χ0v) is 29.5. The van der Waals surface area contributed by atoms with Crippen molar-refractivity contribution in [3.05, 3.63) is 36.3 Å². The highest BCUT2D eigenvalue weighted by Gasteiger charge is 2.36. The number of esters is 1. The fraction of sp³-hybridized carbons (Fsp3) is 0.529. The van der Waals surface area contributed by atoms with Crippen molar-refractivity contribution in [2.75, 3.05) is 76.5 Å². The van der Waals surface area contributed by atoms with Crippen LogP contribution < -0.4 is 14.5 Å². The highest BCUT2D eigenvalue weighted by molar-refractivity contribution is 5.91. The summed E-state index contributed by atoms with van der Waals surface area (Å²) in [7, 11) is 3.54. The molecule has 270 valence electrons. The van der Waals surface area contributed by atoms with Crippen molar-refractivity contribution in [3.63, 3.8) is 0 Å². The second-order valence-corrected chi connectivity index (χ2v) is 13.1. The molecule has 50 heavy (non-hydrogen) atoms. The van der Waals surface area contributed by atoms with Gasteiger partial charge in [-0.2, -0.15) is 13.2 Å². The lowest BCUT2D eigenvalue weighted by Crippen LogP contribution is -2.53. The number of pyridine rings is 2. The fourth-order valence-corrected chi connectivity index (χ4v) is 6.25. The van der Waals surface area contributed by atoms with Crippen molar-refractivity contribution in [1.82, 2.24) is 34.8 Å². The van der Waals surface area contributed by atoms with E-state index in [4.69, 9.17) is 19.2 Å². The van der Waals surface area contributed by atoms with Gasteiger partial charge in [-0.1, -0.05) is 13.8 Å². The van der Waals surface area contributed by atoms with Gasteiger partial charge in [0.15, 0.2) is 11.5 Å². The Morgan fingerprint density at radius 1 is 1.04 bits per heavy atom. The molecule has 1 fully saturated rings. The van der Waals surface area contributed by atoms with E-state index in [9.17, 15) is 18.0 Å². The first-order valence-corrected chi connectivity index (χ1v) is 16.5. The van der Waals surface area contributed by atoms with Gasteiger partial charge in [0.05, 0.1) is 50.1 Å². The Balaban J connectivity index is 1.48. The zero-order valence-electron chi connectivity index (χ0n) is 29.5. The molecule has 5 rings (SSSR count). The van der Waals surface area contributed by atoms with Crippen LogP contribution in [0.4, 0.5) is 24.7 Å². The van der Waals surface area contributed by atoms with Gasteiger partial charge in [0.25, 0.3) is 0 Å². The number of carbonyl (C=O) groups is 1. The number of aromatic amines is 1. The van der Waals surface area contributed by atoms with Gasteiger partial charge in [0, 0.05) is 63.6 Å². The maximum Gasteiger partial charge on any atom is 0.421 e. The van der Waals surface area contributed by atoms with Gasteiger partial charge < -0.3 is 29.0 Å². The smallest absolute Gasteiger partial charge is 0.421 e. The van der Waals surface area contributed by atoms with E-state index in [0.717, 1.165) is 6.07 Å². The molecule has 0 aromatic carbocycles. The summed E-state index contributed by atoms with van der Waals surface area (Å²) in [5, 5.41) is 0. The third-order valence-corrected chi connectivity index (χ3v) is 8.33. The quantitative estimate of drug-likeness (QED) is 0.187. The SMILES string of the molecule is CCOC(=O)CN1CCN(c2cnc(-c3nc4nc(-c5cnc(OCC)c(C(F)(F)F)c5)cc(N(C)CC(C)(C)COC)c4[nH]3)cn2)[C@H](C)C1. The highest BCUT2D eigenvalue weighted by atomic mass is 19.4. The number of nitrogens with zero attached hydrogens (tertiary/aromatic N) is 8. The number of piperazine rings is 1. The van der Waals surface area contributed by atoms with Gasteiger partial charge in [0.1, 0.15) is 22.6 Å². The van der Waals surface area contributed by atoms with Crippen molar-refractivity contribution >= 4 is 28.6 Å². The fourth-order valence-electron chi connectivity index (χ4n) is 6.25. The molecule has 4 aromatic rings. The lowest BCUT2D eigenvalue weighted by Gasteiger charge is -2.39. The summed E-state index contributed by atoms with van der Waals surface area (Å²) >= 11 is 0. The molecule has 16 heteroatoms. The predicted octanol–water partition coefficient (Wildman–Crippen LogP) is 5.08. The van der Waals surface area contributed by atoms with Gasteiger partial charge in [0.2, 0.25) is 5.88 Å². The molecular formula is C34H44F3N9O4. The van der Waals surface area contributed by atoms with E-state index < -0.39 is 17.6 Å². The number of H-pyrrole nitrogens is 1. The Kier molecular flexibility index (Phi) is 11.1. The number of hydrogen-bond donors (Lipinski definition) is 1. The average molecular weight is 700 g/mol. The minimum Gasteiger partial charge on any atom is -0.478 e. The second kappa shape index (κ2) is 15.1. The van der Waals surface area contributed by atoms with Gasteiger partial charge in [-0.15, -0.1) is 0 Å². The number of imidazole rings is 1. The molecule has 0 radical (unpaired) electrons. The lowest BCUT2D eigenvalue weighted by atomic mass is 9.94. The normalized spacial score (nSPS) is 15.8. The zero-order chi connectivity index (χ0) is 36.2. The molecule has 0 bridgehead atoms. The maximum absolute atomic E-state index is 14.0. The summed E-state index contributed by atoms with van der Waals surface area (Å²) in [5.74, 6) is 0.376. The minimum absolute atomic E-state index is 0.0402. The molecule has 0 amide bonds. The van der Waals surface area contributed by atoms with Crippen molar-refractivity contribution in [2.24, 2.45) is 5.41 Å². The number of carbonyl (C=O) groups excluding carboxylic acids is 1. The van der Waals surface area contributed by atoms with Crippen LogP contribution >= 0.6 is 0 Å². The molecule has 1 atom stereocenters. The van der Waals surface area contributed by atoms with E-state index in [1.165, 1.54) is 6.20 Å². The molecule has 0 aliphatic carbocycles. The van der Waals surface area contributed by atoms with E-state index in [2.05, 4.69) is 55.5 Å². The molecule has 13 nitrogen and oxygen atoms in total. The molecule has 0 unspecified atom stereocenters. The second-order valence-electron chi connectivity index (χ2n) is 13.1. The Morgan fingerprint density at radius 3 is 2.46 bits per heavy atom. The van der Waals surface area contributed by atoms with Crippen LogP contribution in [0, 0.1) is 5.41 Å². The molecule has 1 saturated heterocycles. The number of hydrogen-bond acceptors (Lipinski definition) is 12. The molecule has 4 aromatic heterocycles. The van der Waals surface area contributed by atoms with Crippen molar-refractivity contribution in [3.8, 4) is 28.7 Å². The number of anilines is 2. The standard InChI is InChI=1S/C34H44F3N9O4/c1-8-49-28(47)18-45-10-11-46(21(3)17-45)27-16-38-25(15-39-27)30-42-29-26(44(6)19-33(4,5)20-48-7)13-24(41-31(29)43-30)22-12-23(34(35,36)37)32(40-14-22)50-9-2/h12-16,21H,8-11,17-20H2,1-7H3,(H,41,42,43)/t21-/m1/s1. The number of alkyl halides is 3. The summed E-state index contributed by atoms with van der Waals surface area (Å²) in [4.78, 5) is 44.2. The summed E-state index contributed by atoms with van der Waals surface area (Å²) in [6.45, 7) is 13.3. The van der Waals surface area contributed by atoms with E-state index in [0.29, 0.717) is 73.6 Å². The predicted molar refractivity (Wildman–Crippen MR) is 183 cm³/mol. The lowest BCUT2D eigenvalue weighted by molar-refractivity contribution is -0.144. The average Bonchev–Trinajstić information content (AvgIpc) is 3.48. The first kappa shape index (κ1) is 36.7. The Labute approximate surface area is 289 Å². The minimum atomic E-state index is -4.68. The molecular weight excluding hydrogens is 655 g/mol. The molecule has 0 saturated carbocycles. The number of rotatable bonds is 13. The van der Waals surface area contributed by atoms with Crippen LogP contribution in [0.2, 0.25) is 0 Å². The van der Waals surface area contributed by atoms with Gasteiger partial charge in [-0.25, -0.2) is 24.9 Å². The molecule has 0 spiro atoms. The van der Waals surface area contributed by atoms with Crippen molar-refractivity contribution in [1.29, 1.82) is 0 Å². The van der Waals surface area contributed by atoms with E-state index in [-0.39, 0.29) is 41.8 Å². The van der Waals surface area contributed by atoms with Crippen molar-refractivity contribution in [2.45, 2.75) is 46.8 Å². The number of aromatic nitrogens is 6. The van der Waals surface area contributed by atoms with Gasteiger partial charge in [-0.05, 0) is 32.9 Å². The van der Waals surface area contributed by atoms with Crippen LogP contribution in [-0.2, 0) is 20.4 Å². The molecule has 1 aliphatic heterocycles. The van der Waals surface area contributed by atoms with Gasteiger partial charge in [-0.3, -0.25) is 9.69 Å².